The van der Waals surface area contributed by atoms with Gasteiger partial charge in [-0.1, -0.05) is 6.07 Å². The zero-order valence-electron chi connectivity index (χ0n) is 13.5. The highest BCUT2D eigenvalue weighted by atomic mass is 32.1. The van der Waals surface area contributed by atoms with Gasteiger partial charge in [0.15, 0.2) is 11.0 Å². The van der Waals surface area contributed by atoms with Crippen LogP contribution in [0.25, 0.3) is 22.3 Å². The summed E-state index contributed by atoms with van der Waals surface area (Å²) in [6.07, 6.45) is 0. The molecule has 0 bridgehead atoms. The second-order valence-electron chi connectivity index (χ2n) is 5.61. The number of hydrogen-bond acceptors (Lipinski definition) is 5. The van der Waals surface area contributed by atoms with Crippen molar-refractivity contribution in [2.45, 2.75) is 0 Å². The van der Waals surface area contributed by atoms with Crippen molar-refractivity contribution in [3.8, 4) is 11.3 Å². The summed E-state index contributed by atoms with van der Waals surface area (Å²) in [6.45, 7) is 0. The summed E-state index contributed by atoms with van der Waals surface area (Å²) in [5, 5.41) is 4.40. The molecule has 5 nitrogen and oxygen atoms in total. The Kier molecular flexibility index (Phi) is 4.25. The number of benzene rings is 2. The Balaban J connectivity index is 1.86. The number of thiazole rings is 1. The monoisotopic (exact) mass is 384 g/mol. The van der Waals surface area contributed by atoms with E-state index in [-0.39, 0.29) is 33.7 Å². The van der Waals surface area contributed by atoms with Gasteiger partial charge in [-0.3, -0.25) is 9.59 Å². The molecule has 0 unspecified atom stereocenters. The van der Waals surface area contributed by atoms with Crippen molar-refractivity contribution in [2.75, 3.05) is 5.32 Å². The molecule has 0 fully saturated rings. The van der Waals surface area contributed by atoms with E-state index in [4.69, 9.17) is 4.42 Å². The first-order valence-electron chi connectivity index (χ1n) is 7.75. The van der Waals surface area contributed by atoms with Crippen LogP contribution in [-0.4, -0.2) is 10.9 Å². The van der Waals surface area contributed by atoms with E-state index in [1.807, 2.05) is 0 Å². The number of nitrogens with zero attached hydrogens (tertiary/aromatic N) is 1. The number of carbonyl (C=O) groups excluding carboxylic acids is 1. The molecule has 4 rings (SSSR count). The van der Waals surface area contributed by atoms with Crippen molar-refractivity contribution in [1.82, 2.24) is 4.98 Å². The third-order valence-corrected chi connectivity index (χ3v) is 4.45. The number of amides is 1. The first-order valence-corrected chi connectivity index (χ1v) is 8.69. The lowest BCUT2D eigenvalue weighted by Gasteiger charge is -2.09. The summed E-state index contributed by atoms with van der Waals surface area (Å²) < 4.78 is 33.3. The van der Waals surface area contributed by atoms with Crippen LogP contribution in [0.4, 0.5) is 14.5 Å². The first-order chi connectivity index (χ1) is 13.0. The Morgan fingerprint density at radius 3 is 2.78 bits per heavy atom. The molecule has 0 atom stereocenters. The van der Waals surface area contributed by atoms with Gasteiger partial charge in [0.2, 0.25) is 0 Å². The van der Waals surface area contributed by atoms with E-state index in [0.717, 1.165) is 24.3 Å². The summed E-state index contributed by atoms with van der Waals surface area (Å²) in [7, 11) is 0. The molecule has 0 saturated carbocycles. The average molecular weight is 384 g/mol. The van der Waals surface area contributed by atoms with Crippen LogP contribution in [-0.2, 0) is 0 Å². The fourth-order valence-electron chi connectivity index (χ4n) is 2.61. The summed E-state index contributed by atoms with van der Waals surface area (Å²) in [4.78, 5) is 28.6. The maximum absolute atomic E-state index is 14.1. The zero-order chi connectivity index (χ0) is 19.0. The van der Waals surface area contributed by atoms with Crippen LogP contribution in [0.15, 0.2) is 62.6 Å². The van der Waals surface area contributed by atoms with Crippen molar-refractivity contribution < 1.29 is 18.0 Å². The van der Waals surface area contributed by atoms with E-state index in [9.17, 15) is 18.4 Å². The van der Waals surface area contributed by atoms with Gasteiger partial charge in [0.05, 0.1) is 22.1 Å². The van der Waals surface area contributed by atoms with Crippen LogP contribution >= 0.6 is 11.3 Å². The summed E-state index contributed by atoms with van der Waals surface area (Å²) >= 11 is 1.26. The number of nitrogens with one attached hydrogen (secondary N) is 1. The Hall–Kier alpha value is -3.39. The number of fused-ring (bicyclic) bond motifs is 1. The lowest BCUT2D eigenvalue weighted by molar-refractivity contribution is 0.102. The number of rotatable bonds is 3. The fraction of sp³-hybridized carbons (Fsp3) is 0. The van der Waals surface area contributed by atoms with E-state index in [2.05, 4.69) is 10.3 Å². The molecule has 2 aromatic heterocycles. The van der Waals surface area contributed by atoms with E-state index in [1.165, 1.54) is 22.9 Å². The normalized spacial score (nSPS) is 10.9. The Morgan fingerprint density at radius 2 is 2.00 bits per heavy atom. The fourth-order valence-corrected chi connectivity index (χ4v) is 3.14. The number of halogens is 2. The van der Waals surface area contributed by atoms with Gasteiger partial charge in [0.25, 0.3) is 5.91 Å². The van der Waals surface area contributed by atoms with E-state index in [0.29, 0.717) is 0 Å². The van der Waals surface area contributed by atoms with Gasteiger partial charge in [-0.05, 0) is 30.3 Å². The molecule has 27 heavy (non-hydrogen) atoms. The smallest absolute Gasteiger partial charge is 0.275 e. The number of carbonyl (C=O) groups is 1. The molecule has 1 N–H and O–H groups in total. The highest BCUT2D eigenvalue weighted by Crippen LogP contribution is 2.29. The lowest BCUT2D eigenvalue weighted by Crippen LogP contribution is -2.13. The molecular weight excluding hydrogens is 374 g/mol. The highest BCUT2D eigenvalue weighted by molar-refractivity contribution is 7.07. The minimum atomic E-state index is -0.733. The van der Waals surface area contributed by atoms with Gasteiger partial charge < -0.3 is 9.73 Å². The largest absolute Gasteiger partial charge is 0.454 e. The third kappa shape index (κ3) is 3.22. The molecule has 4 aromatic rings. The summed E-state index contributed by atoms with van der Waals surface area (Å²) in [5.74, 6) is -2.02. The third-order valence-electron chi connectivity index (χ3n) is 3.86. The van der Waals surface area contributed by atoms with Crippen molar-refractivity contribution in [3.63, 3.8) is 0 Å². The second kappa shape index (κ2) is 6.73. The topological polar surface area (TPSA) is 72.2 Å². The highest BCUT2D eigenvalue weighted by Gasteiger charge is 2.16. The van der Waals surface area contributed by atoms with Gasteiger partial charge in [-0.25, -0.2) is 13.8 Å². The zero-order valence-corrected chi connectivity index (χ0v) is 14.3. The van der Waals surface area contributed by atoms with Crippen LogP contribution in [0.3, 0.4) is 0 Å². The Morgan fingerprint density at radius 1 is 1.15 bits per heavy atom. The predicted octanol–water partition coefficient (Wildman–Crippen LogP) is 4.45. The van der Waals surface area contributed by atoms with Crippen molar-refractivity contribution in [1.29, 1.82) is 0 Å². The van der Waals surface area contributed by atoms with Crippen LogP contribution in [0.5, 0.6) is 0 Å². The molecule has 0 saturated heterocycles. The molecule has 0 radical (unpaired) electrons. The average Bonchev–Trinajstić information content (AvgIpc) is 3.19. The molecule has 134 valence electrons. The SMILES string of the molecule is O=C(Nc1cccc2c(=O)cc(-c3cc(F)ccc3F)oc12)c1cscn1. The number of aromatic nitrogens is 1. The molecule has 2 aromatic carbocycles. The van der Waals surface area contributed by atoms with Gasteiger partial charge in [0, 0.05) is 11.4 Å². The molecule has 1 amide bonds. The van der Waals surface area contributed by atoms with Crippen LogP contribution in [0.2, 0.25) is 0 Å². The minimum absolute atomic E-state index is 0.0623. The van der Waals surface area contributed by atoms with Gasteiger partial charge in [0.1, 0.15) is 23.1 Å². The van der Waals surface area contributed by atoms with Crippen LogP contribution < -0.4 is 10.7 Å². The molecule has 2 heterocycles. The van der Waals surface area contributed by atoms with Crippen molar-refractivity contribution in [2.24, 2.45) is 0 Å². The molecule has 0 aliphatic rings. The lowest BCUT2D eigenvalue weighted by atomic mass is 10.1. The van der Waals surface area contributed by atoms with Gasteiger partial charge in [-0.15, -0.1) is 11.3 Å². The number of anilines is 1. The summed E-state index contributed by atoms with van der Waals surface area (Å²) in [5.41, 5.74) is 1.39. The Bertz CT molecular complexity index is 1220. The van der Waals surface area contributed by atoms with Gasteiger partial charge in [-0.2, -0.15) is 0 Å². The van der Waals surface area contributed by atoms with Gasteiger partial charge >= 0.3 is 0 Å². The number of para-hydroxylation sites is 1. The van der Waals surface area contributed by atoms with Crippen molar-refractivity contribution in [3.05, 3.63) is 80.9 Å². The van der Waals surface area contributed by atoms with E-state index < -0.39 is 23.0 Å². The molecule has 0 aliphatic heterocycles. The summed E-state index contributed by atoms with van der Waals surface area (Å²) in [6, 6.07) is 8.59. The molecular formula is C19H10F2N2O3S. The number of hydrogen-bond donors (Lipinski definition) is 1. The molecule has 0 spiro atoms. The molecule has 0 aliphatic carbocycles. The predicted molar refractivity (Wildman–Crippen MR) is 97.9 cm³/mol. The maximum Gasteiger partial charge on any atom is 0.275 e. The molecule has 8 heteroatoms. The van der Waals surface area contributed by atoms with Crippen LogP contribution in [0, 0.1) is 11.6 Å². The second-order valence-corrected chi connectivity index (χ2v) is 6.33. The van der Waals surface area contributed by atoms with Crippen LogP contribution in [0.1, 0.15) is 10.5 Å². The Labute approximate surface area is 154 Å². The standard InChI is InChI=1S/C19H10F2N2O3S/c20-10-4-5-13(21)12(6-10)17-7-16(24)11-2-1-3-14(18(11)26-17)23-19(25)15-8-27-9-22-15/h1-9H,(H,23,25). The van der Waals surface area contributed by atoms with Crippen molar-refractivity contribution >= 4 is 33.9 Å². The minimum Gasteiger partial charge on any atom is -0.454 e. The quantitative estimate of drug-likeness (QED) is 0.567. The van der Waals surface area contributed by atoms with E-state index >= 15 is 0 Å². The van der Waals surface area contributed by atoms with E-state index in [1.54, 1.807) is 17.5 Å². The first kappa shape index (κ1) is 17.0. The maximum atomic E-state index is 14.1.